The van der Waals surface area contributed by atoms with Gasteiger partial charge in [0.15, 0.2) is 5.13 Å². The van der Waals surface area contributed by atoms with Crippen LogP contribution in [0.15, 0.2) is 23.6 Å². The summed E-state index contributed by atoms with van der Waals surface area (Å²) >= 11 is 1.23. The largest absolute Gasteiger partial charge is 0.491 e. The van der Waals surface area contributed by atoms with Crippen molar-refractivity contribution in [1.29, 1.82) is 0 Å². The van der Waals surface area contributed by atoms with Crippen LogP contribution in [0.4, 0.5) is 5.13 Å². The van der Waals surface area contributed by atoms with Crippen LogP contribution in [0.3, 0.4) is 0 Å². The minimum atomic E-state index is -3.30. The average molecular weight is 554 g/mol. The molecule has 12 heteroatoms. The predicted octanol–water partition coefficient (Wildman–Crippen LogP) is 5.34. The number of hydrogen-bond donors (Lipinski definition) is 1. The molecule has 0 spiro atoms. The molecule has 2 amide bonds. The molecular weight excluding hydrogens is 517 g/mol. The molecular formula is C25H36N3O7PS. The second kappa shape index (κ2) is 13.4. The Kier molecular flexibility index (Phi) is 10.5. The van der Waals surface area contributed by atoms with Gasteiger partial charge in [-0.2, -0.15) is 0 Å². The van der Waals surface area contributed by atoms with Crippen molar-refractivity contribution >= 4 is 35.9 Å². The second-order valence-corrected chi connectivity index (χ2v) is 11.8. The highest BCUT2D eigenvalue weighted by Gasteiger charge is 2.26. The Morgan fingerprint density at radius 1 is 1.14 bits per heavy atom. The monoisotopic (exact) mass is 553 g/mol. The van der Waals surface area contributed by atoms with Crippen LogP contribution in [-0.2, 0) is 24.6 Å². The molecule has 37 heavy (non-hydrogen) atoms. The quantitative estimate of drug-likeness (QED) is 0.350. The Bertz CT molecular complexity index is 1110. The van der Waals surface area contributed by atoms with Crippen LogP contribution in [0.1, 0.15) is 63.5 Å². The van der Waals surface area contributed by atoms with Crippen LogP contribution in [-0.4, -0.2) is 60.2 Å². The van der Waals surface area contributed by atoms with Crippen molar-refractivity contribution in [3.05, 3.63) is 34.8 Å². The number of aromatic nitrogens is 1. The number of anilines is 1. The van der Waals surface area contributed by atoms with Crippen molar-refractivity contribution in [2.75, 3.05) is 31.6 Å². The number of thiazole rings is 1. The first-order valence-electron chi connectivity index (χ1n) is 12.5. The number of rotatable bonds is 12. The third kappa shape index (κ3) is 8.81. The number of benzene rings is 1. The minimum Gasteiger partial charge on any atom is -0.491 e. The summed E-state index contributed by atoms with van der Waals surface area (Å²) < 4.78 is 35.5. The summed E-state index contributed by atoms with van der Waals surface area (Å²) in [6.45, 7) is 10.7. The Hall–Kier alpha value is -2.46. The fourth-order valence-electron chi connectivity index (χ4n) is 3.92. The van der Waals surface area contributed by atoms with E-state index in [2.05, 4.69) is 10.3 Å². The molecule has 10 nitrogen and oxygen atoms in total. The van der Waals surface area contributed by atoms with Crippen molar-refractivity contribution in [2.24, 2.45) is 0 Å². The highest BCUT2D eigenvalue weighted by molar-refractivity contribution is 7.53. The highest BCUT2D eigenvalue weighted by atomic mass is 32.1. The van der Waals surface area contributed by atoms with Gasteiger partial charge < -0.3 is 23.4 Å². The Morgan fingerprint density at radius 3 is 2.38 bits per heavy atom. The van der Waals surface area contributed by atoms with Gasteiger partial charge in [-0.3, -0.25) is 19.5 Å². The predicted molar refractivity (Wildman–Crippen MR) is 143 cm³/mol. The molecule has 204 valence electrons. The average Bonchev–Trinajstić information content (AvgIpc) is 3.25. The first-order chi connectivity index (χ1) is 17.6. The maximum atomic E-state index is 13.1. The molecule has 1 aromatic heterocycles. The molecule has 1 fully saturated rings. The zero-order valence-electron chi connectivity index (χ0n) is 22.0. The van der Waals surface area contributed by atoms with E-state index in [-0.39, 0.29) is 43.4 Å². The van der Waals surface area contributed by atoms with Crippen molar-refractivity contribution < 1.29 is 32.7 Å². The fourth-order valence-corrected chi connectivity index (χ4v) is 6.35. The molecule has 0 radical (unpaired) electrons. The van der Waals surface area contributed by atoms with Crippen LogP contribution in [0.5, 0.6) is 11.5 Å². The van der Waals surface area contributed by atoms with Gasteiger partial charge in [-0.05, 0) is 39.8 Å². The van der Waals surface area contributed by atoms with E-state index in [9.17, 15) is 14.2 Å². The van der Waals surface area contributed by atoms with Crippen molar-refractivity contribution in [2.45, 2.75) is 65.8 Å². The molecule has 1 saturated heterocycles. The number of nitrogens with zero attached hydrogens (tertiary/aromatic N) is 2. The third-order valence-corrected chi connectivity index (χ3v) is 8.30. The van der Waals surface area contributed by atoms with Gasteiger partial charge in [0.05, 0.1) is 31.2 Å². The number of carbonyl (C=O) groups excluding carboxylic acids is 2. The van der Waals surface area contributed by atoms with Gasteiger partial charge in [-0.1, -0.05) is 0 Å². The summed E-state index contributed by atoms with van der Waals surface area (Å²) in [5.41, 5.74) is 0.878. The Balaban J connectivity index is 1.71. The van der Waals surface area contributed by atoms with Crippen molar-refractivity contribution in [3.63, 3.8) is 0 Å². The Labute approximate surface area is 222 Å². The van der Waals surface area contributed by atoms with Crippen LogP contribution < -0.4 is 14.8 Å². The van der Waals surface area contributed by atoms with Crippen LogP contribution in [0.2, 0.25) is 0 Å². The molecule has 1 aliphatic heterocycles. The van der Waals surface area contributed by atoms with E-state index >= 15 is 0 Å². The molecule has 1 N–H and O–H groups in total. The van der Waals surface area contributed by atoms with E-state index in [4.69, 9.17) is 18.5 Å². The standard InChI is InChI=1S/C25H36N3O7PS/c1-6-32-36(31,33-7-2)15-20-16-37-25(26-20)27-24(30)19-12-22(34-17(3)4)14-23(13-19)35-21-8-10-28(11-9-21)18(5)29/h12-14,16-17,21H,6-11,15H2,1-5H3,(H,26,27,30). The van der Waals surface area contributed by atoms with E-state index in [1.165, 1.54) is 11.3 Å². The van der Waals surface area contributed by atoms with Crippen LogP contribution in [0, 0.1) is 0 Å². The van der Waals surface area contributed by atoms with E-state index in [0.717, 1.165) is 0 Å². The molecule has 3 rings (SSSR count). The summed E-state index contributed by atoms with van der Waals surface area (Å²) in [6.07, 6.45) is 1.31. The van der Waals surface area contributed by atoms with E-state index in [1.54, 1.807) is 49.3 Å². The lowest BCUT2D eigenvalue weighted by Gasteiger charge is -2.31. The fraction of sp³-hybridized carbons (Fsp3) is 0.560. The number of amides is 2. The van der Waals surface area contributed by atoms with Gasteiger partial charge in [0.1, 0.15) is 17.6 Å². The summed E-state index contributed by atoms with van der Waals surface area (Å²) in [7, 11) is -3.30. The van der Waals surface area contributed by atoms with Crippen molar-refractivity contribution in [3.8, 4) is 11.5 Å². The molecule has 1 aliphatic rings. The molecule has 0 unspecified atom stereocenters. The topological polar surface area (TPSA) is 116 Å². The number of likely N-dealkylation sites (tertiary alicyclic amines) is 1. The van der Waals surface area contributed by atoms with E-state index in [1.807, 2.05) is 13.8 Å². The summed E-state index contributed by atoms with van der Waals surface area (Å²) in [4.78, 5) is 30.9. The smallest absolute Gasteiger partial charge is 0.336 e. The van der Waals surface area contributed by atoms with Crippen molar-refractivity contribution in [1.82, 2.24) is 9.88 Å². The molecule has 0 bridgehead atoms. The van der Waals surface area contributed by atoms with Gasteiger partial charge in [0.2, 0.25) is 5.91 Å². The first-order valence-corrected chi connectivity index (χ1v) is 15.1. The molecule has 1 aromatic carbocycles. The van der Waals surface area contributed by atoms with Gasteiger partial charge in [0.25, 0.3) is 5.91 Å². The molecule has 0 saturated carbocycles. The SMILES string of the molecule is CCOP(=O)(Cc1csc(NC(=O)c2cc(OC(C)C)cc(OC3CCN(C(C)=O)CC3)c2)n1)OCC. The number of hydrogen-bond acceptors (Lipinski definition) is 9. The van der Waals surface area contributed by atoms with E-state index < -0.39 is 7.60 Å². The van der Waals surface area contributed by atoms with Gasteiger partial charge in [-0.15, -0.1) is 11.3 Å². The number of piperidine rings is 1. The number of nitrogens with one attached hydrogen (secondary N) is 1. The van der Waals surface area contributed by atoms with E-state index in [0.29, 0.717) is 53.8 Å². The molecule has 2 heterocycles. The van der Waals surface area contributed by atoms with Gasteiger partial charge in [-0.25, -0.2) is 4.98 Å². The lowest BCUT2D eigenvalue weighted by molar-refractivity contribution is -0.130. The number of carbonyl (C=O) groups is 2. The number of ether oxygens (including phenoxy) is 2. The lowest BCUT2D eigenvalue weighted by Crippen LogP contribution is -2.40. The van der Waals surface area contributed by atoms with Crippen LogP contribution >= 0.6 is 18.9 Å². The minimum absolute atomic E-state index is 0.0270. The lowest BCUT2D eigenvalue weighted by atomic mass is 10.1. The molecule has 2 aromatic rings. The highest BCUT2D eigenvalue weighted by Crippen LogP contribution is 2.51. The van der Waals surface area contributed by atoms with Gasteiger partial charge in [0, 0.05) is 49.9 Å². The zero-order valence-corrected chi connectivity index (χ0v) is 23.7. The molecule has 0 atom stereocenters. The normalized spacial score (nSPS) is 14.6. The maximum Gasteiger partial charge on any atom is 0.336 e. The summed E-state index contributed by atoms with van der Waals surface area (Å²) in [5, 5.41) is 4.89. The third-order valence-electron chi connectivity index (χ3n) is 5.48. The Morgan fingerprint density at radius 2 is 1.78 bits per heavy atom. The van der Waals surface area contributed by atoms with Gasteiger partial charge >= 0.3 is 7.60 Å². The van der Waals surface area contributed by atoms with Crippen LogP contribution in [0.25, 0.3) is 0 Å². The maximum absolute atomic E-state index is 13.1. The second-order valence-electron chi connectivity index (χ2n) is 8.89. The first kappa shape index (κ1) is 29.1. The summed E-state index contributed by atoms with van der Waals surface area (Å²) in [6, 6.07) is 5.11. The summed E-state index contributed by atoms with van der Waals surface area (Å²) in [5.74, 6) is 0.740. The molecule has 0 aliphatic carbocycles. The zero-order chi connectivity index (χ0) is 27.0.